The zero-order chi connectivity index (χ0) is 27.4. The average Bonchev–Trinajstić information content (AvgIpc) is 3.30. The molecule has 0 spiro atoms. The van der Waals surface area contributed by atoms with Gasteiger partial charge >= 0.3 is 0 Å². The van der Waals surface area contributed by atoms with E-state index in [-0.39, 0.29) is 24.8 Å². The van der Waals surface area contributed by atoms with Gasteiger partial charge in [0.05, 0.1) is 6.61 Å². The molecule has 0 unspecified atom stereocenters. The van der Waals surface area contributed by atoms with Crippen LogP contribution >= 0.6 is 0 Å². The van der Waals surface area contributed by atoms with Crippen molar-refractivity contribution < 1.29 is 19.4 Å². The molecule has 38 heavy (non-hydrogen) atoms. The Balaban J connectivity index is 1.95. The highest BCUT2D eigenvalue weighted by Crippen LogP contribution is 2.45. The largest absolute Gasteiger partial charge is 0.494 e. The van der Waals surface area contributed by atoms with Crippen molar-refractivity contribution >= 4 is 17.5 Å². The Morgan fingerprint density at radius 2 is 2.05 bits per heavy atom. The normalized spacial score (nSPS) is 18.3. The maximum Gasteiger partial charge on any atom is 0.266 e. The van der Waals surface area contributed by atoms with E-state index in [1.54, 1.807) is 54.6 Å². The Kier molecular flexibility index (Phi) is 10.7. The molecule has 2 atom stereocenters. The fourth-order valence-corrected chi connectivity index (χ4v) is 4.10. The number of nitrogens with zero attached hydrogens (tertiary/aromatic N) is 5. The van der Waals surface area contributed by atoms with Gasteiger partial charge < -0.3 is 19.5 Å². The summed E-state index contributed by atoms with van der Waals surface area (Å²) < 4.78 is 12.0. The van der Waals surface area contributed by atoms with Crippen molar-refractivity contribution in [2.75, 3.05) is 40.4 Å². The SMILES string of the molecule is C=CC[C@]1(C(=O)NNCCCN(C)C)N=C(c2ccc(OCCCO)cc2)O[C@H]1c1ccccc1N=[N+]=[N-]. The molecule has 1 aliphatic rings. The summed E-state index contributed by atoms with van der Waals surface area (Å²) in [6, 6.07) is 14.1. The number of amides is 1. The first-order chi connectivity index (χ1) is 18.4. The Bertz CT molecular complexity index is 1160. The molecule has 0 saturated heterocycles. The molecular formula is C27H35N7O4. The van der Waals surface area contributed by atoms with Gasteiger partial charge in [-0.1, -0.05) is 35.5 Å². The van der Waals surface area contributed by atoms with Crippen LogP contribution in [0, 0.1) is 0 Å². The average molecular weight is 522 g/mol. The smallest absolute Gasteiger partial charge is 0.266 e. The second kappa shape index (κ2) is 14.2. The third-order valence-electron chi connectivity index (χ3n) is 5.97. The van der Waals surface area contributed by atoms with Gasteiger partial charge in [-0.3, -0.25) is 10.2 Å². The molecular weight excluding hydrogens is 486 g/mol. The molecule has 1 amide bonds. The molecule has 0 bridgehead atoms. The van der Waals surface area contributed by atoms with Crippen LogP contribution in [0.5, 0.6) is 5.75 Å². The number of aliphatic imine (C=N–C) groups is 1. The number of azide groups is 1. The molecule has 3 N–H and O–H groups in total. The number of aliphatic hydroxyl groups excluding tert-OH is 1. The van der Waals surface area contributed by atoms with E-state index in [9.17, 15) is 4.79 Å². The molecule has 0 radical (unpaired) electrons. The van der Waals surface area contributed by atoms with Gasteiger partial charge in [0.2, 0.25) is 5.90 Å². The molecule has 0 fully saturated rings. The van der Waals surface area contributed by atoms with Crippen LogP contribution in [0.2, 0.25) is 0 Å². The Morgan fingerprint density at radius 3 is 2.74 bits per heavy atom. The fraction of sp³-hybridized carbons (Fsp3) is 0.407. The zero-order valence-corrected chi connectivity index (χ0v) is 21.8. The van der Waals surface area contributed by atoms with Gasteiger partial charge in [0.1, 0.15) is 5.75 Å². The number of rotatable bonds is 15. The first-order valence-corrected chi connectivity index (χ1v) is 12.5. The molecule has 11 nitrogen and oxygen atoms in total. The number of hydrogen-bond acceptors (Lipinski definition) is 8. The van der Waals surface area contributed by atoms with Crippen molar-refractivity contribution in [3.63, 3.8) is 0 Å². The second-order valence-corrected chi connectivity index (χ2v) is 9.07. The fourth-order valence-electron chi connectivity index (χ4n) is 4.10. The second-order valence-electron chi connectivity index (χ2n) is 9.07. The number of carbonyl (C=O) groups is 1. The van der Waals surface area contributed by atoms with Gasteiger partial charge in [-0.2, -0.15) is 0 Å². The van der Waals surface area contributed by atoms with Gasteiger partial charge in [0.25, 0.3) is 5.91 Å². The van der Waals surface area contributed by atoms with E-state index in [1.165, 1.54) is 0 Å². The van der Waals surface area contributed by atoms with E-state index in [1.807, 2.05) is 14.1 Å². The lowest BCUT2D eigenvalue weighted by Gasteiger charge is -2.30. The minimum absolute atomic E-state index is 0.0550. The summed E-state index contributed by atoms with van der Waals surface area (Å²) in [6.45, 7) is 5.76. The van der Waals surface area contributed by atoms with Crippen molar-refractivity contribution in [1.82, 2.24) is 15.8 Å². The third-order valence-corrected chi connectivity index (χ3v) is 5.97. The predicted octanol–water partition coefficient (Wildman–Crippen LogP) is 3.80. The number of hydrazine groups is 1. The maximum atomic E-state index is 13.7. The first kappa shape index (κ1) is 28.7. The topological polar surface area (TPSA) is 144 Å². The number of nitrogens with one attached hydrogen (secondary N) is 2. The molecule has 202 valence electrons. The number of carbonyl (C=O) groups excluding carboxylic acids is 1. The molecule has 1 heterocycles. The van der Waals surface area contributed by atoms with Crippen molar-refractivity contribution in [2.45, 2.75) is 30.9 Å². The van der Waals surface area contributed by atoms with E-state index in [0.717, 1.165) is 13.0 Å². The van der Waals surface area contributed by atoms with Gasteiger partial charge in [0.15, 0.2) is 11.6 Å². The van der Waals surface area contributed by atoms with Crippen LogP contribution in [0.1, 0.15) is 36.5 Å². The van der Waals surface area contributed by atoms with Crippen LogP contribution in [0.3, 0.4) is 0 Å². The van der Waals surface area contributed by atoms with Crippen molar-refractivity contribution in [3.8, 4) is 5.75 Å². The summed E-state index contributed by atoms with van der Waals surface area (Å²) in [4.78, 5) is 23.6. The van der Waals surface area contributed by atoms with Crippen molar-refractivity contribution in [2.24, 2.45) is 10.1 Å². The van der Waals surface area contributed by atoms with Gasteiger partial charge in [-0.05, 0) is 56.9 Å². The molecule has 0 aromatic heterocycles. The van der Waals surface area contributed by atoms with Gasteiger partial charge in [0, 0.05) is 47.7 Å². The lowest BCUT2D eigenvalue weighted by Crippen LogP contribution is -2.52. The molecule has 0 aliphatic carbocycles. The van der Waals surface area contributed by atoms with Crippen LogP contribution in [0.15, 0.2) is 71.3 Å². The number of aliphatic hydroxyl groups is 1. The summed E-state index contributed by atoms with van der Waals surface area (Å²) in [5.74, 6) is 0.530. The Hall–Kier alpha value is -3.89. The first-order valence-electron chi connectivity index (χ1n) is 12.5. The predicted molar refractivity (Wildman–Crippen MR) is 146 cm³/mol. The highest BCUT2D eigenvalue weighted by atomic mass is 16.5. The summed E-state index contributed by atoms with van der Waals surface area (Å²) >= 11 is 0. The van der Waals surface area contributed by atoms with Gasteiger partial charge in [-0.15, -0.1) is 6.58 Å². The van der Waals surface area contributed by atoms with Gasteiger partial charge in [-0.25, -0.2) is 10.4 Å². The lowest BCUT2D eigenvalue weighted by atomic mass is 9.84. The summed E-state index contributed by atoms with van der Waals surface area (Å²) in [6.07, 6.45) is 2.30. The van der Waals surface area contributed by atoms with Crippen LogP contribution < -0.4 is 15.6 Å². The van der Waals surface area contributed by atoms with Crippen LogP contribution in [0.25, 0.3) is 10.4 Å². The third kappa shape index (κ3) is 7.11. The van der Waals surface area contributed by atoms with Crippen molar-refractivity contribution in [1.29, 1.82) is 0 Å². The zero-order valence-electron chi connectivity index (χ0n) is 21.8. The Morgan fingerprint density at radius 1 is 1.29 bits per heavy atom. The molecule has 3 rings (SSSR count). The number of benzene rings is 2. The quantitative estimate of drug-likeness (QED) is 0.0812. The molecule has 2 aromatic rings. The molecule has 0 saturated carbocycles. The van der Waals surface area contributed by atoms with Crippen LogP contribution in [-0.4, -0.2) is 67.7 Å². The molecule has 11 heteroatoms. The minimum atomic E-state index is -1.40. The van der Waals surface area contributed by atoms with E-state index in [0.29, 0.717) is 42.1 Å². The molecule has 1 aliphatic heterocycles. The van der Waals surface area contributed by atoms with E-state index < -0.39 is 11.6 Å². The Labute approximate surface area is 222 Å². The maximum absolute atomic E-state index is 13.7. The lowest BCUT2D eigenvalue weighted by molar-refractivity contribution is -0.129. The summed E-state index contributed by atoms with van der Waals surface area (Å²) in [5, 5.41) is 12.8. The highest BCUT2D eigenvalue weighted by Gasteiger charge is 2.53. The van der Waals surface area contributed by atoms with Crippen LogP contribution in [0.4, 0.5) is 5.69 Å². The van der Waals surface area contributed by atoms with E-state index in [4.69, 9.17) is 25.1 Å². The highest BCUT2D eigenvalue weighted by molar-refractivity contribution is 6.01. The standard InChI is InChI=1S/C27H35N7O4/c1-4-15-27(26(36)32-29-16-7-17-34(2)3)24(22-9-5-6-10-23(22)31-33-28)38-25(30-27)20-11-13-21(14-12-20)37-19-8-18-35/h4-6,9-14,24,29,35H,1,7-8,15-19H2,2-3H3,(H,32,36)/t24-,27-/m0/s1. The number of hydrogen-bond donors (Lipinski definition) is 3. The van der Waals surface area contributed by atoms with E-state index >= 15 is 0 Å². The number of ether oxygens (including phenoxy) is 2. The minimum Gasteiger partial charge on any atom is -0.494 e. The van der Waals surface area contributed by atoms with Crippen molar-refractivity contribution in [3.05, 3.63) is 82.8 Å². The summed E-state index contributed by atoms with van der Waals surface area (Å²) in [7, 11) is 3.98. The van der Waals surface area contributed by atoms with E-state index in [2.05, 4.69) is 32.4 Å². The van der Waals surface area contributed by atoms with Crippen LogP contribution in [-0.2, 0) is 9.53 Å². The monoisotopic (exact) mass is 521 g/mol. The summed E-state index contributed by atoms with van der Waals surface area (Å²) in [5.41, 5.74) is 15.1. The molecule has 2 aromatic carbocycles.